The van der Waals surface area contributed by atoms with Crippen LogP contribution in [0.15, 0.2) is 72.9 Å². The third-order valence-corrected chi connectivity index (χ3v) is 6.65. The summed E-state index contributed by atoms with van der Waals surface area (Å²) in [7, 11) is 0. The Morgan fingerprint density at radius 3 is 2.69 bits per heavy atom. The van der Waals surface area contributed by atoms with Crippen molar-refractivity contribution < 1.29 is 19.1 Å². The van der Waals surface area contributed by atoms with Gasteiger partial charge in [0.2, 0.25) is 5.91 Å². The molecule has 5 rings (SSSR count). The Kier molecular flexibility index (Phi) is 7.57. The highest BCUT2D eigenvalue weighted by Crippen LogP contribution is 2.24. The summed E-state index contributed by atoms with van der Waals surface area (Å²) in [5, 5.41) is 0. The molecule has 2 aliphatic rings. The molecular formula is C29H31N3O4. The van der Waals surface area contributed by atoms with Crippen molar-refractivity contribution in [3.05, 3.63) is 89.7 Å². The van der Waals surface area contributed by atoms with Gasteiger partial charge in [-0.05, 0) is 66.9 Å². The molecule has 0 bridgehead atoms. The Hall–Kier alpha value is -3.71. The zero-order valence-corrected chi connectivity index (χ0v) is 20.3. The summed E-state index contributed by atoms with van der Waals surface area (Å²) in [6.07, 6.45) is 4.21. The zero-order valence-electron chi connectivity index (χ0n) is 20.3. The van der Waals surface area contributed by atoms with Crippen LogP contribution in [0.1, 0.15) is 40.9 Å². The fourth-order valence-electron chi connectivity index (χ4n) is 4.66. The number of aromatic nitrogens is 1. The van der Waals surface area contributed by atoms with Crippen LogP contribution in [-0.2, 0) is 22.6 Å². The van der Waals surface area contributed by atoms with E-state index in [0.717, 1.165) is 55.3 Å². The number of benzene rings is 2. The maximum absolute atomic E-state index is 13.6. The minimum atomic E-state index is -0.0885. The van der Waals surface area contributed by atoms with E-state index in [1.54, 1.807) is 28.1 Å². The lowest BCUT2D eigenvalue weighted by atomic mass is 10.1. The van der Waals surface area contributed by atoms with Crippen LogP contribution in [-0.4, -0.2) is 48.1 Å². The average molecular weight is 486 g/mol. The summed E-state index contributed by atoms with van der Waals surface area (Å²) in [6.45, 7) is 3.71. The molecule has 0 radical (unpaired) electrons. The minimum Gasteiger partial charge on any atom is -0.493 e. The maximum atomic E-state index is 13.6. The molecule has 2 fully saturated rings. The fourth-order valence-corrected chi connectivity index (χ4v) is 4.66. The Morgan fingerprint density at radius 1 is 1.08 bits per heavy atom. The van der Waals surface area contributed by atoms with Gasteiger partial charge in [-0.1, -0.05) is 18.2 Å². The number of hydrogen-bond acceptors (Lipinski definition) is 5. The van der Waals surface area contributed by atoms with E-state index in [2.05, 4.69) is 4.98 Å². The SMILES string of the molecule is O=C(c1ccc(N2CCCC2=O)cc1)N(Cc1cccc(OC[C@@H]2CCOC2)c1)Cc1ccccn1. The Labute approximate surface area is 211 Å². The van der Waals surface area contributed by atoms with Crippen molar-refractivity contribution in [1.29, 1.82) is 0 Å². The molecule has 7 heteroatoms. The van der Waals surface area contributed by atoms with E-state index in [0.29, 0.717) is 37.6 Å². The highest BCUT2D eigenvalue weighted by atomic mass is 16.5. The highest BCUT2D eigenvalue weighted by Gasteiger charge is 2.23. The lowest BCUT2D eigenvalue weighted by Gasteiger charge is -2.24. The summed E-state index contributed by atoms with van der Waals surface area (Å²) >= 11 is 0. The Morgan fingerprint density at radius 2 is 1.97 bits per heavy atom. The van der Waals surface area contributed by atoms with Crippen LogP contribution in [0.3, 0.4) is 0 Å². The summed E-state index contributed by atoms with van der Waals surface area (Å²) < 4.78 is 11.5. The molecule has 186 valence electrons. The van der Waals surface area contributed by atoms with Crippen LogP contribution >= 0.6 is 0 Å². The molecule has 0 N–H and O–H groups in total. The van der Waals surface area contributed by atoms with Gasteiger partial charge in [-0.25, -0.2) is 0 Å². The lowest BCUT2D eigenvalue weighted by molar-refractivity contribution is -0.117. The van der Waals surface area contributed by atoms with Crippen molar-refractivity contribution in [1.82, 2.24) is 9.88 Å². The number of amides is 2. The molecule has 7 nitrogen and oxygen atoms in total. The van der Waals surface area contributed by atoms with Gasteiger partial charge in [-0.15, -0.1) is 0 Å². The van der Waals surface area contributed by atoms with Gasteiger partial charge in [0.1, 0.15) is 5.75 Å². The van der Waals surface area contributed by atoms with E-state index in [-0.39, 0.29) is 11.8 Å². The average Bonchev–Trinajstić information content (AvgIpc) is 3.59. The quantitative estimate of drug-likeness (QED) is 0.447. The molecule has 2 amide bonds. The van der Waals surface area contributed by atoms with Crippen molar-refractivity contribution in [2.75, 3.05) is 31.3 Å². The third-order valence-electron chi connectivity index (χ3n) is 6.65. The molecule has 2 saturated heterocycles. The first kappa shape index (κ1) is 24.0. The van der Waals surface area contributed by atoms with Crippen molar-refractivity contribution in [3.8, 4) is 5.75 Å². The molecule has 36 heavy (non-hydrogen) atoms. The van der Waals surface area contributed by atoms with Crippen LogP contribution in [0.2, 0.25) is 0 Å². The number of anilines is 1. The molecule has 0 unspecified atom stereocenters. The van der Waals surface area contributed by atoms with Crippen LogP contribution in [0.5, 0.6) is 5.75 Å². The maximum Gasteiger partial charge on any atom is 0.254 e. The largest absolute Gasteiger partial charge is 0.493 e. The third kappa shape index (κ3) is 5.91. The van der Waals surface area contributed by atoms with E-state index < -0.39 is 0 Å². The molecule has 0 saturated carbocycles. The van der Waals surface area contributed by atoms with Crippen molar-refractivity contribution >= 4 is 17.5 Å². The molecule has 2 aliphatic heterocycles. The lowest BCUT2D eigenvalue weighted by Crippen LogP contribution is -2.30. The Bertz CT molecular complexity index is 1180. The predicted octanol–water partition coefficient (Wildman–Crippen LogP) is 4.47. The van der Waals surface area contributed by atoms with E-state index in [9.17, 15) is 9.59 Å². The van der Waals surface area contributed by atoms with Gasteiger partial charge in [-0.3, -0.25) is 14.6 Å². The van der Waals surface area contributed by atoms with Gasteiger partial charge < -0.3 is 19.3 Å². The second kappa shape index (κ2) is 11.4. The molecular weight excluding hydrogens is 454 g/mol. The predicted molar refractivity (Wildman–Crippen MR) is 137 cm³/mol. The van der Waals surface area contributed by atoms with Crippen molar-refractivity contribution in [2.45, 2.75) is 32.4 Å². The number of carbonyl (C=O) groups is 2. The molecule has 0 spiro atoms. The Balaban J connectivity index is 1.32. The van der Waals surface area contributed by atoms with Gasteiger partial charge in [0.25, 0.3) is 5.91 Å². The van der Waals surface area contributed by atoms with E-state index in [4.69, 9.17) is 9.47 Å². The molecule has 1 aromatic heterocycles. The normalized spacial score (nSPS) is 17.4. The van der Waals surface area contributed by atoms with Gasteiger partial charge in [-0.2, -0.15) is 0 Å². The number of hydrogen-bond donors (Lipinski definition) is 0. The van der Waals surface area contributed by atoms with Gasteiger partial charge in [0.15, 0.2) is 0 Å². The second-order valence-corrected chi connectivity index (χ2v) is 9.37. The number of nitrogens with zero attached hydrogens (tertiary/aromatic N) is 3. The van der Waals surface area contributed by atoms with Crippen LogP contribution in [0, 0.1) is 5.92 Å². The van der Waals surface area contributed by atoms with Crippen molar-refractivity contribution in [3.63, 3.8) is 0 Å². The zero-order chi connectivity index (χ0) is 24.7. The van der Waals surface area contributed by atoms with E-state index in [1.807, 2.05) is 54.6 Å². The topological polar surface area (TPSA) is 72.0 Å². The minimum absolute atomic E-state index is 0.0885. The van der Waals surface area contributed by atoms with Crippen LogP contribution in [0.25, 0.3) is 0 Å². The first-order chi connectivity index (χ1) is 17.7. The highest BCUT2D eigenvalue weighted by molar-refractivity contribution is 5.97. The van der Waals surface area contributed by atoms with Crippen LogP contribution < -0.4 is 9.64 Å². The number of ether oxygens (including phenoxy) is 2. The first-order valence-corrected chi connectivity index (χ1v) is 12.5. The van der Waals surface area contributed by atoms with E-state index >= 15 is 0 Å². The summed E-state index contributed by atoms with van der Waals surface area (Å²) in [4.78, 5) is 33.7. The summed E-state index contributed by atoms with van der Waals surface area (Å²) in [5.74, 6) is 1.27. The number of pyridine rings is 1. The van der Waals surface area contributed by atoms with Gasteiger partial charge >= 0.3 is 0 Å². The molecule has 0 aliphatic carbocycles. The second-order valence-electron chi connectivity index (χ2n) is 9.37. The smallest absolute Gasteiger partial charge is 0.254 e. The number of rotatable bonds is 9. The van der Waals surface area contributed by atoms with Gasteiger partial charge in [0, 0.05) is 49.5 Å². The first-order valence-electron chi connectivity index (χ1n) is 12.5. The monoisotopic (exact) mass is 485 g/mol. The molecule has 3 aromatic rings. The summed E-state index contributed by atoms with van der Waals surface area (Å²) in [6, 6.07) is 20.9. The molecule has 2 aromatic carbocycles. The standard InChI is InChI=1S/C29H31N3O4/c33-28-8-4-15-32(28)26-11-9-24(10-12-26)29(34)31(19-25-6-1-2-14-30-25)18-22-5-3-7-27(17-22)36-21-23-13-16-35-20-23/h1-3,5-7,9-12,14,17,23H,4,8,13,15-16,18-21H2/t23-/m1/s1. The molecule has 3 heterocycles. The summed E-state index contributed by atoms with van der Waals surface area (Å²) in [5.41, 5.74) is 3.22. The fraction of sp³-hybridized carbons (Fsp3) is 0.345. The molecule has 1 atom stereocenters. The number of carbonyl (C=O) groups excluding carboxylic acids is 2. The van der Waals surface area contributed by atoms with Crippen molar-refractivity contribution in [2.24, 2.45) is 5.92 Å². The van der Waals surface area contributed by atoms with E-state index in [1.165, 1.54) is 0 Å². The van der Waals surface area contributed by atoms with Gasteiger partial charge in [0.05, 0.1) is 25.5 Å². The van der Waals surface area contributed by atoms with Crippen LogP contribution in [0.4, 0.5) is 5.69 Å².